The SMILES string of the molecule is CCOc1ccc(-c2nc(CCCc3ncccc3OC)cs2)cc1OCC. The predicted octanol–water partition coefficient (Wildman–Crippen LogP) is 5.19. The quantitative estimate of drug-likeness (QED) is 0.471. The van der Waals surface area contributed by atoms with Crippen LogP contribution in [0.4, 0.5) is 0 Å². The molecule has 0 spiro atoms. The minimum absolute atomic E-state index is 0.601. The van der Waals surface area contributed by atoms with Gasteiger partial charge in [-0.25, -0.2) is 4.98 Å². The summed E-state index contributed by atoms with van der Waals surface area (Å²) < 4.78 is 16.7. The van der Waals surface area contributed by atoms with Gasteiger partial charge in [-0.05, 0) is 63.4 Å². The Labute approximate surface area is 170 Å². The van der Waals surface area contributed by atoms with Gasteiger partial charge in [-0.15, -0.1) is 11.3 Å². The lowest BCUT2D eigenvalue weighted by atomic mass is 10.1. The van der Waals surface area contributed by atoms with Crippen molar-refractivity contribution in [3.63, 3.8) is 0 Å². The topological polar surface area (TPSA) is 53.5 Å². The molecule has 0 fully saturated rings. The standard InChI is InChI=1S/C22H26N2O3S/c1-4-26-20-12-11-16(14-21(20)27-5-2)22-24-17(15-28-22)8-6-9-18-19(25-3)10-7-13-23-18/h7,10-15H,4-6,8-9H2,1-3H3. The molecule has 2 heterocycles. The van der Waals surface area contributed by atoms with Gasteiger partial charge < -0.3 is 14.2 Å². The highest BCUT2D eigenvalue weighted by molar-refractivity contribution is 7.13. The fourth-order valence-corrected chi connectivity index (χ4v) is 3.82. The predicted molar refractivity (Wildman–Crippen MR) is 113 cm³/mol. The molecule has 0 atom stereocenters. The number of pyridine rings is 1. The van der Waals surface area contributed by atoms with E-state index in [4.69, 9.17) is 19.2 Å². The van der Waals surface area contributed by atoms with Gasteiger partial charge in [-0.2, -0.15) is 0 Å². The van der Waals surface area contributed by atoms with Crippen LogP contribution >= 0.6 is 11.3 Å². The van der Waals surface area contributed by atoms with Crippen molar-refractivity contribution >= 4 is 11.3 Å². The second-order valence-corrected chi connectivity index (χ2v) is 7.04. The summed E-state index contributed by atoms with van der Waals surface area (Å²) in [4.78, 5) is 9.22. The maximum Gasteiger partial charge on any atom is 0.161 e. The van der Waals surface area contributed by atoms with E-state index in [1.165, 1.54) is 0 Å². The Morgan fingerprint density at radius 3 is 2.57 bits per heavy atom. The van der Waals surface area contributed by atoms with E-state index in [0.717, 1.165) is 58.5 Å². The molecule has 0 bridgehead atoms. The third-order valence-corrected chi connectivity index (χ3v) is 5.20. The smallest absolute Gasteiger partial charge is 0.161 e. The molecular formula is C22H26N2O3S. The summed E-state index contributed by atoms with van der Waals surface area (Å²) in [5.74, 6) is 2.38. The van der Waals surface area contributed by atoms with Crippen LogP contribution in [0.2, 0.25) is 0 Å². The van der Waals surface area contributed by atoms with Crippen LogP contribution in [0.3, 0.4) is 0 Å². The molecule has 1 aromatic carbocycles. The molecular weight excluding hydrogens is 372 g/mol. The molecule has 6 heteroatoms. The van der Waals surface area contributed by atoms with Crippen LogP contribution in [-0.2, 0) is 12.8 Å². The Kier molecular flexibility index (Phi) is 7.25. The number of hydrogen-bond acceptors (Lipinski definition) is 6. The zero-order valence-electron chi connectivity index (χ0n) is 16.6. The first kappa shape index (κ1) is 20.1. The minimum atomic E-state index is 0.601. The summed E-state index contributed by atoms with van der Waals surface area (Å²) in [6, 6.07) is 9.84. The molecule has 28 heavy (non-hydrogen) atoms. The number of methoxy groups -OCH3 is 1. The molecule has 0 aliphatic heterocycles. The van der Waals surface area contributed by atoms with Crippen LogP contribution in [-0.4, -0.2) is 30.3 Å². The van der Waals surface area contributed by atoms with Crippen LogP contribution in [0.1, 0.15) is 31.7 Å². The lowest BCUT2D eigenvalue weighted by Gasteiger charge is -2.11. The van der Waals surface area contributed by atoms with Crippen molar-refractivity contribution in [2.24, 2.45) is 0 Å². The summed E-state index contributed by atoms with van der Waals surface area (Å²) in [6.07, 6.45) is 4.56. The van der Waals surface area contributed by atoms with Gasteiger partial charge in [-0.1, -0.05) is 0 Å². The average Bonchev–Trinajstić information content (AvgIpc) is 3.19. The zero-order valence-corrected chi connectivity index (χ0v) is 17.4. The number of hydrogen-bond donors (Lipinski definition) is 0. The maximum absolute atomic E-state index is 5.73. The number of aryl methyl sites for hydroxylation is 2. The highest BCUT2D eigenvalue weighted by Gasteiger charge is 2.11. The van der Waals surface area contributed by atoms with E-state index in [0.29, 0.717) is 13.2 Å². The number of nitrogens with zero attached hydrogens (tertiary/aromatic N) is 2. The Morgan fingerprint density at radius 2 is 1.79 bits per heavy atom. The monoisotopic (exact) mass is 398 g/mol. The van der Waals surface area contributed by atoms with Gasteiger partial charge in [0.2, 0.25) is 0 Å². The Balaban J connectivity index is 1.66. The Bertz CT molecular complexity index is 895. The van der Waals surface area contributed by atoms with E-state index in [1.54, 1.807) is 24.6 Å². The normalized spacial score (nSPS) is 10.7. The second-order valence-electron chi connectivity index (χ2n) is 6.18. The molecule has 0 unspecified atom stereocenters. The molecule has 148 valence electrons. The highest BCUT2D eigenvalue weighted by atomic mass is 32.1. The fourth-order valence-electron chi connectivity index (χ4n) is 2.97. The van der Waals surface area contributed by atoms with Crippen LogP contribution in [0.25, 0.3) is 10.6 Å². The van der Waals surface area contributed by atoms with E-state index in [2.05, 4.69) is 10.4 Å². The first-order valence-corrected chi connectivity index (χ1v) is 10.4. The molecule has 0 aliphatic rings. The highest BCUT2D eigenvalue weighted by Crippen LogP contribution is 2.34. The molecule has 0 amide bonds. The fraction of sp³-hybridized carbons (Fsp3) is 0.364. The van der Waals surface area contributed by atoms with E-state index < -0.39 is 0 Å². The van der Waals surface area contributed by atoms with E-state index in [-0.39, 0.29) is 0 Å². The van der Waals surface area contributed by atoms with Gasteiger partial charge in [0.1, 0.15) is 10.8 Å². The summed E-state index contributed by atoms with van der Waals surface area (Å²) in [5.41, 5.74) is 3.14. The van der Waals surface area contributed by atoms with Gasteiger partial charge >= 0.3 is 0 Å². The van der Waals surface area contributed by atoms with Crippen molar-refractivity contribution in [2.75, 3.05) is 20.3 Å². The second kappa shape index (κ2) is 10.1. The number of benzene rings is 1. The molecule has 5 nitrogen and oxygen atoms in total. The summed E-state index contributed by atoms with van der Waals surface area (Å²) in [7, 11) is 1.68. The molecule has 0 saturated carbocycles. The van der Waals surface area contributed by atoms with Gasteiger partial charge in [0.15, 0.2) is 11.5 Å². The summed E-state index contributed by atoms with van der Waals surface area (Å²) in [6.45, 7) is 5.16. The van der Waals surface area contributed by atoms with Crippen molar-refractivity contribution in [3.05, 3.63) is 53.3 Å². The van der Waals surface area contributed by atoms with Crippen LogP contribution in [0.5, 0.6) is 17.2 Å². The number of rotatable bonds is 10. The van der Waals surface area contributed by atoms with Crippen molar-refractivity contribution in [1.82, 2.24) is 9.97 Å². The van der Waals surface area contributed by atoms with Crippen molar-refractivity contribution in [1.29, 1.82) is 0 Å². The largest absolute Gasteiger partial charge is 0.495 e. The molecule has 3 rings (SSSR count). The molecule has 0 aliphatic carbocycles. The van der Waals surface area contributed by atoms with Crippen LogP contribution in [0, 0.1) is 0 Å². The van der Waals surface area contributed by atoms with Gasteiger partial charge in [-0.3, -0.25) is 4.98 Å². The molecule has 0 radical (unpaired) electrons. The van der Waals surface area contributed by atoms with Crippen LogP contribution < -0.4 is 14.2 Å². The van der Waals surface area contributed by atoms with Crippen molar-refractivity contribution < 1.29 is 14.2 Å². The van der Waals surface area contributed by atoms with Crippen LogP contribution in [0.15, 0.2) is 41.9 Å². The zero-order chi connectivity index (χ0) is 19.8. The number of ether oxygens (including phenoxy) is 3. The first-order chi connectivity index (χ1) is 13.7. The third kappa shape index (κ3) is 5.01. The number of thiazole rings is 1. The number of aromatic nitrogens is 2. The van der Waals surface area contributed by atoms with Gasteiger partial charge in [0.25, 0.3) is 0 Å². The minimum Gasteiger partial charge on any atom is -0.495 e. The molecule has 0 N–H and O–H groups in total. The van der Waals surface area contributed by atoms with E-state index >= 15 is 0 Å². The first-order valence-electron chi connectivity index (χ1n) is 9.57. The van der Waals surface area contributed by atoms with Crippen molar-refractivity contribution in [3.8, 4) is 27.8 Å². The van der Waals surface area contributed by atoms with Gasteiger partial charge in [0.05, 0.1) is 31.7 Å². The Morgan fingerprint density at radius 1 is 0.964 bits per heavy atom. The van der Waals surface area contributed by atoms with Gasteiger partial charge in [0, 0.05) is 17.1 Å². The molecule has 2 aromatic heterocycles. The molecule has 0 saturated heterocycles. The maximum atomic E-state index is 5.73. The lowest BCUT2D eigenvalue weighted by molar-refractivity contribution is 0.288. The third-order valence-electron chi connectivity index (χ3n) is 4.26. The Hall–Kier alpha value is -2.60. The summed E-state index contributed by atoms with van der Waals surface area (Å²) in [5, 5.41) is 3.12. The lowest BCUT2D eigenvalue weighted by Crippen LogP contribution is -1.98. The average molecular weight is 399 g/mol. The van der Waals surface area contributed by atoms with E-state index in [1.807, 2.05) is 44.2 Å². The van der Waals surface area contributed by atoms with Crippen molar-refractivity contribution in [2.45, 2.75) is 33.1 Å². The van der Waals surface area contributed by atoms with E-state index in [9.17, 15) is 0 Å². The summed E-state index contributed by atoms with van der Waals surface area (Å²) >= 11 is 1.65. The molecule has 3 aromatic rings.